The Labute approximate surface area is 115 Å². The molecule has 100 valence electrons. The third-order valence-corrected chi connectivity index (χ3v) is 3.79. The van der Waals surface area contributed by atoms with Crippen LogP contribution in [0.4, 0.5) is 5.69 Å². The van der Waals surface area contributed by atoms with Crippen molar-refractivity contribution in [3.05, 3.63) is 29.3 Å². The zero-order chi connectivity index (χ0) is 13.0. The molecule has 1 aromatic carbocycles. The van der Waals surface area contributed by atoms with Crippen molar-refractivity contribution < 1.29 is 0 Å². The zero-order valence-electron chi connectivity index (χ0n) is 11.0. The van der Waals surface area contributed by atoms with E-state index in [0.29, 0.717) is 5.92 Å². The average molecular weight is 268 g/mol. The first-order chi connectivity index (χ1) is 8.69. The highest BCUT2D eigenvalue weighted by Gasteiger charge is 2.18. The van der Waals surface area contributed by atoms with Crippen molar-refractivity contribution in [1.82, 2.24) is 4.90 Å². The molecule has 0 spiro atoms. The molecule has 1 atom stereocenters. The Morgan fingerprint density at radius 1 is 1.17 bits per heavy atom. The van der Waals surface area contributed by atoms with E-state index in [1.165, 1.54) is 5.69 Å². The lowest BCUT2D eigenvalue weighted by Gasteiger charge is -2.37. The SMILES string of the molecule is CC(CN)CN1CCN(c2ccc(Cl)cc2)CC1. The smallest absolute Gasteiger partial charge is 0.0407 e. The van der Waals surface area contributed by atoms with Gasteiger partial charge in [-0.2, -0.15) is 0 Å². The molecule has 0 amide bonds. The minimum atomic E-state index is 0.590. The minimum absolute atomic E-state index is 0.590. The lowest BCUT2D eigenvalue weighted by molar-refractivity contribution is 0.227. The molecule has 0 bridgehead atoms. The number of benzene rings is 1. The minimum Gasteiger partial charge on any atom is -0.369 e. The Balaban J connectivity index is 1.84. The number of rotatable bonds is 4. The third kappa shape index (κ3) is 3.61. The van der Waals surface area contributed by atoms with E-state index in [0.717, 1.165) is 44.3 Å². The number of hydrogen-bond acceptors (Lipinski definition) is 3. The van der Waals surface area contributed by atoms with Crippen LogP contribution < -0.4 is 10.6 Å². The van der Waals surface area contributed by atoms with E-state index in [2.05, 4.69) is 28.9 Å². The normalized spacial score (nSPS) is 18.9. The van der Waals surface area contributed by atoms with Gasteiger partial charge in [0, 0.05) is 43.4 Å². The number of hydrogen-bond donors (Lipinski definition) is 1. The van der Waals surface area contributed by atoms with Gasteiger partial charge in [-0.05, 0) is 36.7 Å². The van der Waals surface area contributed by atoms with E-state index in [-0.39, 0.29) is 0 Å². The summed E-state index contributed by atoms with van der Waals surface area (Å²) < 4.78 is 0. The highest BCUT2D eigenvalue weighted by molar-refractivity contribution is 6.30. The highest BCUT2D eigenvalue weighted by Crippen LogP contribution is 2.19. The second-order valence-corrected chi connectivity index (χ2v) is 5.54. The van der Waals surface area contributed by atoms with Crippen molar-refractivity contribution in [3.8, 4) is 0 Å². The van der Waals surface area contributed by atoms with E-state index in [1.807, 2.05) is 12.1 Å². The molecule has 1 heterocycles. The molecule has 4 heteroatoms. The summed E-state index contributed by atoms with van der Waals surface area (Å²) in [7, 11) is 0. The van der Waals surface area contributed by atoms with Gasteiger partial charge in [-0.15, -0.1) is 0 Å². The van der Waals surface area contributed by atoms with E-state index >= 15 is 0 Å². The maximum atomic E-state index is 5.91. The third-order valence-electron chi connectivity index (χ3n) is 3.54. The maximum Gasteiger partial charge on any atom is 0.0407 e. The summed E-state index contributed by atoms with van der Waals surface area (Å²) >= 11 is 5.91. The van der Waals surface area contributed by atoms with Gasteiger partial charge in [0.15, 0.2) is 0 Å². The molecule has 1 aliphatic rings. The molecule has 0 saturated carbocycles. The molecule has 0 aliphatic carbocycles. The zero-order valence-corrected chi connectivity index (χ0v) is 11.7. The van der Waals surface area contributed by atoms with Crippen LogP contribution in [0.25, 0.3) is 0 Å². The van der Waals surface area contributed by atoms with Crippen LogP contribution in [0.15, 0.2) is 24.3 Å². The molecular weight excluding hydrogens is 246 g/mol. The largest absolute Gasteiger partial charge is 0.369 e. The van der Waals surface area contributed by atoms with Gasteiger partial charge >= 0.3 is 0 Å². The molecule has 2 N–H and O–H groups in total. The summed E-state index contributed by atoms with van der Waals surface area (Å²) in [5, 5.41) is 0.800. The van der Waals surface area contributed by atoms with Crippen LogP contribution in [0, 0.1) is 5.92 Å². The van der Waals surface area contributed by atoms with Crippen molar-refractivity contribution in [3.63, 3.8) is 0 Å². The van der Waals surface area contributed by atoms with Gasteiger partial charge in [-0.1, -0.05) is 18.5 Å². The Hall–Kier alpha value is -0.770. The fourth-order valence-corrected chi connectivity index (χ4v) is 2.48. The topological polar surface area (TPSA) is 32.5 Å². The fourth-order valence-electron chi connectivity index (χ4n) is 2.36. The highest BCUT2D eigenvalue weighted by atomic mass is 35.5. The Bertz CT molecular complexity index is 358. The summed E-state index contributed by atoms with van der Waals surface area (Å²) in [6.45, 7) is 8.51. The summed E-state index contributed by atoms with van der Waals surface area (Å²) in [5.74, 6) is 0.590. The van der Waals surface area contributed by atoms with Crippen molar-refractivity contribution in [2.45, 2.75) is 6.92 Å². The van der Waals surface area contributed by atoms with Gasteiger partial charge in [-0.3, -0.25) is 4.90 Å². The second kappa shape index (κ2) is 6.41. The first kappa shape index (κ1) is 13.7. The summed E-state index contributed by atoms with van der Waals surface area (Å²) in [4.78, 5) is 4.92. The lowest BCUT2D eigenvalue weighted by atomic mass is 10.1. The van der Waals surface area contributed by atoms with Crippen LogP contribution in [-0.4, -0.2) is 44.2 Å². The van der Waals surface area contributed by atoms with E-state index in [1.54, 1.807) is 0 Å². The average Bonchev–Trinajstić information content (AvgIpc) is 2.40. The van der Waals surface area contributed by atoms with Gasteiger partial charge in [-0.25, -0.2) is 0 Å². The van der Waals surface area contributed by atoms with Crippen molar-refractivity contribution >= 4 is 17.3 Å². The van der Waals surface area contributed by atoms with Crippen LogP contribution >= 0.6 is 11.6 Å². The van der Waals surface area contributed by atoms with E-state index in [4.69, 9.17) is 17.3 Å². The van der Waals surface area contributed by atoms with Crippen LogP contribution in [0.5, 0.6) is 0 Å². The maximum absolute atomic E-state index is 5.91. The number of piperazine rings is 1. The predicted octanol–water partition coefficient (Wildman–Crippen LogP) is 2.06. The first-order valence-electron chi connectivity index (χ1n) is 6.62. The van der Waals surface area contributed by atoms with Gasteiger partial charge in [0.05, 0.1) is 0 Å². The van der Waals surface area contributed by atoms with E-state index in [9.17, 15) is 0 Å². The van der Waals surface area contributed by atoms with Crippen LogP contribution in [0.3, 0.4) is 0 Å². The quantitative estimate of drug-likeness (QED) is 0.906. The monoisotopic (exact) mass is 267 g/mol. The molecule has 0 aromatic heterocycles. The van der Waals surface area contributed by atoms with Crippen molar-refractivity contribution in [1.29, 1.82) is 0 Å². The molecular formula is C14H22ClN3. The van der Waals surface area contributed by atoms with Gasteiger partial charge in [0.2, 0.25) is 0 Å². The molecule has 18 heavy (non-hydrogen) atoms. The molecule has 3 nitrogen and oxygen atoms in total. The molecule has 1 saturated heterocycles. The molecule has 1 aromatic rings. The molecule has 1 aliphatic heterocycles. The Morgan fingerprint density at radius 3 is 2.33 bits per heavy atom. The molecule has 1 fully saturated rings. The Morgan fingerprint density at radius 2 is 1.78 bits per heavy atom. The summed E-state index contributed by atoms with van der Waals surface area (Å²) in [5.41, 5.74) is 6.94. The van der Waals surface area contributed by atoms with Gasteiger partial charge in [0.1, 0.15) is 0 Å². The lowest BCUT2D eigenvalue weighted by Crippen LogP contribution is -2.48. The number of anilines is 1. The van der Waals surface area contributed by atoms with Crippen molar-refractivity contribution in [2.24, 2.45) is 11.7 Å². The van der Waals surface area contributed by atoms with Crippen LogP contribution in [-0.2, 0) is 0 Å². The summed E-state index contributed by atoms with van der Waals surface area (Å²) in [6, 6.07) is 8.11. The van der Waals surface area contributed by atoms with Gasteiger partial charge in [0.25, 0.3) is 0 Å². The molecule has 1 unspecified atom stereocenters. The Kier molecular flexibility index (Phi) is 4.87. The molecule has 0 radical (unpaired) electrons. The standard InChI is InChI=1S/C14H22ClN3/c1-12(10-16)11-17-6-8-18(9-7-17)14-4-2-13(15)3-5-14/h2-5,12H,6-11,16H2,1H3. The molecule has 2 rings (SSSR count). The van der Waals surface area contributed by atoms with Gasteiger partial charge < -0.3 is 10.6 Å². The fraction of sp³-hybridized carbons (Fsp3) is 0.571. The predicted molar refractivity (Wildman–Crippen MR) is 78.3 cm³/mol. The van der Waals surface area contributed by atoms with E-state index < -0.39 is 0 Å². The number of nitrogens with two attached hydrogens (primary N) is 1. The van der Waals surface area contributed by atoms with Crippen LogP contribution in [0.2, 0.25) is 5.02 Å². The van der Waals surface area contributed by atoms with Crippen molar-refractivity contribution in [2.75, 3.05) is 44.2 Å². The second-order valence-electron chi connectivity index (χ2n) is 5.10. The van der Waals surface area contributed by atoms with Crippen LogP contribution in [0.1, 0.15) is 6.92 Å². The summed E-state index contributed by atoms with van der Waals surface area (Å²) in [6.07, 6.45) is 0. The number of nitrogens with zero attached hydrogens (tertiary/aromatic N) is 2. The number of halogens is 1. The first-order valence-corrected chi connectivity index (χ1v) is 7.00.